The van der Waals surface area contributed by atoms with Crippen molar-refractivity contribution < 1.29 is 14.4 Å². The minimum Gasteiger partial charge on any atom is -0.332 e. The van der Waals surface area contributed by atoms with E-state index in [-0.39, 0.29) is 24.6 Å². The normalized spacial score (nSPS) is 14.8. The predicted octanol–water partition coefficient (Wildman–Crippen LogP) is 2.67. The van der Waals surface area contributed by atoms with Crippen LogP contribution in [0.1, 0.15) is 31.2 Å². The largest absolute Gasteiger partial charge is 0.333 e. The van der Waals surface area contributed by atoms with E-state index >= 15 is 0 Å². The van der Waals surface area contributed by atoms with Crippen LogP contribution in [0.4, 0.5) is 0 Å². The second-order valence-corrected chi connectivity index (χ2v) is 5.82. The number of nitrogens with zero attached hydrogens (tertiary/aromatic N) is 1. The number of benzene rings is 1. The number of hydrogen-bond donors (Lipinski definition) is 1. The van der Waals surface area contributed by atoms with Crippen LogP contribution in [-0.4, -0.2) is 22.8 Å². The van der Waals surface area contributed by atoms with Crippen LogP contribution in [0.2, 0.25) is 0 Å². The van der Waals surface area contributed by atoms with Crippen molar-refractivity contribution >= 4 is 40.3 Å². The Morgan fingerprint density at radius 1 is 1.30 bits per heavy atom. The number of hydrogen-bond acceptors (Lipinski definition) is 4. The first-order valence-electron chi connectivity index (χ1n) is 6.42. The summed E-state index contributed by atoms with van der Waals surface area (Å²) >= 11 is 2.24. The van der Waals surface area contributed by atoms with Crippen LogP contribution in [0.25, 0.3) is 0 Å². The number of carbonyl (C=O) groups is 2. The first kappa shape index (κ1) is 15.0. The Balaban J connectivity index is 1.74. The third-order valence-corrected chi connectivity index (χ3v) is 3.72. The molecule has 1 saturated heterocycles. The van der Waals surface area contributed by atoms with Gasteiger partial charge in [-0.15, -0.1) is 5.06 Å². The number of amidine groups is 1. The van der Waals surface area contributed by atoms with Crippen molar-refractivity contribution in [3.8, 4) is 0 Å². The molecule has 1 fully saturated rings. The summed E-state index contributed by atoms with van der Waals surface area (Å²) in [5.41, 5.74) is 1.17. The van der Waals surface area contributed by atoms with Crippen molar-refractivity contribution in [2.24, 2.45) is 0 Å². The second kappa shape index (κ2) is 6.83. The second-order valence-electron chi connectivity index (χ2n) is 4.58. The van der Waals surface area contributed by atoms with Crippen LogP contribution < -0.4 is 0 Å². The van der Waals surface area contributed by atoms with Gasteiger partial charge in [0.1, 0.15) is 5.84 Å². The van der Waals surface area contributed by atoms with E-state index in [9.17, 15) is 9.59 Å². The molecule has 0 aliphatic carbocycles. The lowest BCUT2D eigenvalue weighted by Gasteiger charge is -2.14. The standard InChI is InChI=1S/C14H15IN2O3/c15-11-6-4-10(5-7-11)2-1-3-14(19)20-17-12(16)8-9-13(17)18/h4-7,16H,1-3,8-9H2. The monoisotopic (exact) mass is 386 g/mol. The zero-order valence-corrected chi connectivity index (χ0v) is 13.1. The van der Waals surface area contributed by atoms with E-state index in [2.05, 4.69) is 22.6 Å². The summed E-state index contributed by atoms with van der Waals surface area (Å²) < 4.78 is 1.18. The molecule has 1 N–H and O–H groups in total. The summed E-state index contributed by atoms with van der Waals surface area (Å²) in [5, 5.41) is 8.30. The number of rotatable bonds is 5. The molecule has 0 spiro atoms. The van der Waals surface area contributed by atoms with E-state index in [1.807, 2.05) is 24.3 Å². The molecule has 1 aromatic rings. The van der Waals surface area contributed by atoms with Gasteiger partial charge in [0.15, 0.2) is 0 Å². The highest BCUT2D eigenvalue weighted by atomic mass is 127. The van der Waals surface area contributed by atoms with Crippen LogP contribution >= 0.6 is 22.6 Å². The Morgan fingerprint density at radius 3 is 2.60 bits per heavy atom. The van der Waals surface area contributed by atoms with E-state index in [4.69, 9.17) is 10.2 Å². The molecule has 1 heterocycles. The SMILES string of the molecule is N=C1CCC(=O)N1OC(=O)CCCc1ccc(I)cc1. The number of aryl methyl sites for hydroxylation is 1. The fourth-order valence-corrected chi connectivity index (χ4v) is 2.28. The molecule has 0 saturated carbocycles. The van der Waals surface area contributed by atoms with E-state index in [0.29, 0.717) is 12.8 Å². The number of carbonyl (C=O) groups excluding carboxylic acids is 2. The van der Waals surface area contributed by atoms with Crippen molar-refractivity contribution in [1.29, 1.82) is 5.41 Å². The molecule has 1 amide bonds. The van der Waals surface area contributed by atoms with Crippen LogP contribution in [0, 0.1) is 8.98 Å². The molecule has 5 nitrogen and oxygen atoms in total. The number of hydroxylamine groups is 2. The first-order chi connectivity index (χ1) is 9.56. The maximum atomic E-state index is 11.6. The Hall–Kier alpha value is -1.44. The summed E-state index contributed by atoms with van der Waals surface area (Å²) in [7, 11) is 0. The molecule has 1 aliphatic heterocycles. The van der Waals surface area contributed by atoms with Crippen molar-refractivity contribution in [2.45, 2.75) is 32.1 Å². The van der Waals surface area contributed by atoms with Crippen molar-refractivity contribution in [1.82, 2.24) is 5.06 Å². The summed E-state index contributed by atoms with van der Waals surface area (Å²) in [6.07, 6.45) is 2.28. The van der Waals surface area contributed by atoms with E-state index in [1.165, 1.54) is 9.13 Å². The Bertz CT molecular complexity index is 512. The van der Waals surface area contributed by atoms with Gasteiger partial charge in [-0.05, 0) is 53.1 Å². The van der Waals surface area contributed by atoms with Gasteiger partial charge in [0.25, 0.3) is 5.91 Å². The Labute approximate surface area is 130 Å². The average Bonchev–Trinajstić information content (AvgIpc) is 2.73. The molecular formula is C14H15IN2O3. The average molecular weight is 386 g/mol. The van der Waals surface area contributed by atoms with Crippen molar-refractivity contribution in [2.75, 3.05) is 0 Å². The van der Waals surface area contributed by atoms with E-state index in [0.717, 1.165) is 11.5 Å². The highest BCUT2D eigenvalue weighted by molar-refractivity contribution is 14.1. The third-order valence-electron chi connectivity index (χ3n) is 3.00. The van der Waals surface area contributed by atoms with Gasteiger partial charge in [0, 0.05) is 22.8 Å². The molecule has 0 bridgehead atoms. The quantitative estimate of drug-likeness (QED) is 0.792. The lowest BCUT2D eigenvalue weighted by molar-refractivity contribution is -0.180. The zero-order chi connectivity index (χ0) is 14.5. The number of amides is 1. The van der Waals surface area contributed by atoms with Crippen LogP contribution in [0.15, 0.2) is 24.3 Å². The van der Waals surface area contributed by atoms with Crippen LogP contribution in [0.5, 0.6) is 0 Å². The fourth-order valence-electron chi connectivity index (χ4n) is 1.92. The molecule has 0 atom stereocenters. The van der Waals surface area contributed by atoms with Gasteiger partial charge in [-0.2, -0.15) is 0 Å². The molecule has 0 radical (unpaired) electrons. The smallest absolute Gasteiger partial charge is 0.332 e. The molecule has 1 aromatic carbocycles. The zero-order valence-electron chi connectivity index (χ0n) is 10.9. The molecular weight excluding hydrogens is 371 g/mol. The minimum atomic E-state index is -0.462. The summed E-state index contributed by atoms with van der Waals surface area (Å²) in [6.45, 7) is 0. The van der Waals surface area contributed by atoms with Gasteiger partial charge in [-0.3, -0.25) is 10.2 Å². The van der Waals surface area contributed by atoms with Crippen LogP contribution in [0.3, 0.4) is 0 Å². The fraction of sp³-hybridized carbons (Fsp3) is 0.357. The summed E-state index contributed by atoms with van der Waals surface area (Å²) in [5.74, 6) is -0.725. The summed E-state index contributed by atoms with van der Waals surface area (Å²) in [4.78, 5) is 27.9. The first-order valence-corrected chi connectivity index (χ1v) is 7.50. The van der Waals surface area contributed by atoms with Gasteiger partial charge < -0.3 is 4.84 Å². The third kappa shape index (κ3) is 4.03. The lowest BCUT2D eigenvalue weighted by Crippen LogP contribution is -2.31. The van der Waals surface area contributed by atoms with Crippen LogP contribution in [-0.2, 0) is 20.8 Å². The molecule has 2 rings (SSSR count). The molecule has 1 aliphatic rings. The molecule has 20 heavy (non-hydrogen) atoms. The summed E-state index contributed by atoms with van der Waals surface area (Å²) in [6, 6.07) is 8.12. The van der Waals surface area contributed by atoms with Gasteiger partial charge in [0.05, 0.1) is 0 Å². The molecule has 0 aromatic heterocycles. The highest BCUT2D eigenvalue weighted by Crippen LogP contribution is 2.14. The molecule has 106 valence electrons. The van der Waals surface area contributed by atoms with E-state index < -0.39 is 5.97 Å². The highest BCUT2D eigenvalue weighted by Gasteiger charge is 2.29. The number of halogens is 1. The minimum absolute atomic E-state index is 0.0565. The lowest BCUT2D eigenvalue weighted by atomic mass is 10.1. The predicted molar refractivity (Wildman–Crippen MR) is 82.0 cm³/mol. The molecule has 0 unspecified atom stereocenters. The van der Waals surface area contributed by atoms with Crippen molar-refractivity contribution in [3.63, 3.8) is 0 Å². The van der Waals surface area contributed by atoms with Gasteiger partial charge in [0.2, 0.25) is 0 Å². The van der Waals surface area contributed by atoms with Crippen molar-refractivity contribution in [3.05, 3.63) is 33.4 Å². The van der Waals surface area contributed by atoms with E-state index in [1.54, 1.807) is 0 Å². The number of nitrogens with one attached hydrogen (secondary N) is 1. The Kier molecular flexibility index (Phi) is 5.11. The van der Waals surface area contributed by atoms with Gasteiger partial charge >= 0.3 is 5.97 Å². The van der Waals surface area contributed by atoms with Gasteiger partial charge in [-0.1, -0.05) is 12.1 Å². The maximum Gasteiger partial charge on any atom is 0.333 e. The van der Waals surface area contributed by atoms with Gasteiger partial charge in [-0.25, -0.2) is 4.79 Å². The topological polar surface area (TPSA) is 70.5 Å². The molecule has 6 heteroatoms. The Morgan fingerprint density at radius 2 is 2.00 bits per heavy atom. The maximum absolute atomic E-state index is 11.6.